The van der Waals surface area contributed by atoms with Gasteiger partial charge in [0.25, 0.3) is 0 Å². The summed E-state index contributed by atoms with van der Waals surface area (Å²) in [5.41, 5.74) is 6.70. The van der Waals surface area contributed by atoms with Crippen molar-refractivity contribution in [1.82, 2.24) is 5.43 Å². The second-order valence-corrected chi connectivity index (χ2v) is 1.90. The number of hydrogen-bond acceptors (Lipinski definition) is 4. The van der Waals surface area contributed by atoms with E-state index >= 15 is 0 Å². The summed E-state index contributed by atoms with van der Waals surface area (Å²) < 4.78 is 4.37. The van der Waals surface area contributed by atoms with Crippen molar-refractivity contribution in [1.29, 1.82) is 0 Å². The highest BCUT2D eigenvalue weighted by Gasteiger charge is 1.95. The van der Waals surface area contributed by atoms with E-state index in [-0.39, 0.29) is 12.4 Å². The van der Waals surface area contributed by atoms with Gasteiger partial charge < -0.3 is 10.5 Å². The van der Waals surface area contributed by atoms with Crippen LogP contribution in [-0.2, 0) is 9.53 Å². The SMILES string of the molecule is COC(=O)CC/C=N/NC(N)=O. The predicted octanol–water partition coefficient (Wildman–Crippen LogP) is -0.406. The normalized spacial score (nSPS) is 9.75. The first-order valence-electron chi connectivity index (χ1n) is 3.30. The molecule has 0 aromatic heterocycles. The Kier molecular flexibility index (Phi) is 5.33. The number of primary amides is 1. The number of carbonyl (C=O) groups excluding carboxylic acids is 2. The second-order valence-electron chi connectivity index (χ2n) is 1.90. The molecule has 0 spiro atoms. The molecule has 12 heavy (non-hydrogen) atoms. The minimum atomic E-state index is -0.732. The Balaban J connectivity index is 3.36. The maximum Gasteiger partial charge on any atom is 0.332 e. The summed E-state index contributed by atoms with van der Waals surface area (Å²) in [4.78, 5) is 20.6. The van der Waals surface area contributed by atoms with Crippen LogP contribution in [0.2, 0.25) is 0 Å². The molecule has 68 valence electrons. The van der Waals surface area contributed by atoms with Crippen LogP contribution in [-0.4, -0.2) is 25.3 Å². The molecular formula is C6H11N3O3. The van der Waals surface area contributed by atoms with Crippen LogP contribution in [0.5, 0.6) is 0 Å². The van der Waals surface area contributed by atoms with E-state index in [4.69, 9.17) is 5.73 Å². The lowest BCUT2D eigenvalue weighted by Gasteiger charge is -1.93. The van der Waals surface area contributed by atoms with Crippen LogP contribution in [0.25, 0.3) is 0 Å². The molecule has 0 atom stereocenters. The van der Waals surface area contributed by atoms with E-state index in [1.165, 1.54) is 13.3 Å². The highest BCUT2D eigenvalue weighted by Crippen LogP contribution is 1.87. The van der Waals surface area contributed by atoms with E-state index in [1.54, 1.807) is 0 Å². The van der Waals surface area contributed by atoms with Gasteiger partial charge in [-0.05, 0) is 6.42 Å². The average molecular weight is 173 g/mol. The van der Waals surface area contributed by atoms with Gasteiger partial charge >= 0.3 is 12.0 Å². The van der Waals surface area contributed by atoms with E-state index < -0.39 is 6.03 Å². The number of ether oxygens (including phenoxy) is 1. The van der Waals surface area contributed by atoms with E-state index in [9.17, 15) is 9.59 Å². The molecule has 0 aromatic carbocycles. The zero-order valence-electron chi connectivity index (χ0n) is 6.74. The van der Waals surface area contributed by atoms with Crippen molar-refractivity contribution in [3.63, 3.8) is 0 Å². The third-order valence-corrected chi connectivity index (χ3v) is 0.971. The van der Waals surface area contributed by atoms with Crippen molar-refractivity contribution in [2.24, 2.45) is 10.8 Å². The van der Waals surface area contributed by atoms with Crippen LogP contribution >= 0.6 is 0 Å². The fourth-order valence-electron chi connectivity index (χ4n) is 0.458. The zero-order valence-corrected chi connectivity index (χ0v) is 6.74. The van der Waals surface area contributed by atoms with Gasteiger partial charge in [0.1, 0.15) is 0 Å². The number of amides is 2. The summed E-state index contributed by atoms with van der Waals surface area (Å²) in [5.74, 6) is -0.319. The summed E-state index contributed by atoms with van der Waals surface area (Å²) in [6, 6.07) is -0.732. The van der Waals surface area contributed by atoms with E-state index in [2.05, 4.69) is 9.84 Å². The number of rotatable bonds is 4. The number of esters is 1. The van der Waals surface area contributed by atoms with Gasteiger partial charge in [-0.1, -0.05) is 0 Å². The summed E-state index contributed by atoms with van der Waals surface area (Å²) in [7, 11) is 1.31. The number of hydrazone groups is 1. The fourth-order valence-corrected chi connectivity index (χ4v) is 0.458. The second kappa shape index (κ2) is 6.14. The number of methoxy groups -OCH3 is 1. The van der Waals surface area contributed by atoms with Crippen molar-refractivity contribution in [2.45, 2.75) is 12.8 Å². The van der Waals surface area contributed by atoms with Gasteiger partial charge in [-0.2, -0.15) is 5.10 Å². The molecule has 0 heterocycles. The monoisotopic (exact) mass is 173 g/mol. The lowest BCUT2D eigenvalue weighted by molar-refractivity contribution is -0.140. The third-order valence-electron chi connectivity index (χ3n) is 0.971. The number of hydrogen-bond donors (Lipinski definition) is 2. The average Bonchev–Trinajstić information content (AvgIpc) is 2.03. The summed E-state index contributed by atoms with van der Waals surface area (Å²) in [5, 5.41) is 3.42. The minimum absolute atomic E-state index is 0.237. The molecule has 0 aliphatic heterocycles. The van der Waals surface area contributed by atoms with Gasteiger partial charge in [0.05, 0.1) is 13.5 Å². The van der Waals surface area contributed by atoms with E-state index in [0.29, 0.717) is 6.42 Å². The van der Waals surface area contributed by atoms with Crippen molar-refractivity contribution in [3.05, 3.63) is 0 Å². The van der Waals surface area contributed by atoms with Crippen LogP contribution in [0.4, 0.5) is 4.79 Å². The summed E-state index contributed by atoms with van der Waals surface area (Å²) in [6.07, 6.45) is 2.02. The molecule has 0 aliphatic rings. The molecule has 0 saturated carbocycles. The van der Waals surface area contributed by atoms with Crippen molar-refractivity contribution in [3.8, 4) is 0 Å². The number of nitrogens with two attached hydrogens (primary N) is 1. The number of carbonyl (C=O) groups is 2. The van der Waals surface area contributed by atoms with Crippen LogP contribution in [0.15, 0.2) is 5.10 Å². The largest absolute Gasteiger partial charge is 0.469 e. The van der Waals surface area contributed by atoms with Gasteiger partial charge in [-0.25, -0.2) is 10.2 Å². The van der Waals surface area contributed by atoms with Gasteiger partial charge in [-0.15, -0.1) is 0 Å². The number of nitrogens with one attached hydrogen (secondary N) is 1. The summed E-state index contributed by atoms with van der Waals surface area (Å²) in [6.45, 7) is 0. The summed E-state index contributed by atoms with van der Waals surface area (Å²) >= 11 is 0. The third kappa shape index (κ3) is 6.53. The molecule has 6 heteroatoms. The smallest absolute Gasteiger partial charge is 0.332 e. The molecule has 0 unspecified atom stereocenters. The van der Waals surface area contributed by atoms with Gasteiger partial charge in [-0.3, -0.25) is 4.79 Å². The first-order valence-corrected chi connectivity index (χ1v) is 3.30. The van der Waals surface area contributed by atoms with Crippen LogP contribution in [0.3, 0.4) is 0 Å². The standard InChI is InChI=1S/C6H11N3O3/c1-12-5(10)3-2-4-8-9-6(7)11/h4H,2-3H2,1H3,(H3,7,9,11)/b8-4+. The predicted molar refractivity (Wildman–Crippen MR) is 42.5 cm³/mol. The topological polar surface area (TPSA) is 93.8 Å². The lowest BCUT2D eigenvalue weighted by Crippen LogP contribution is -2.24. The Morgan fingerprint density at radius 2 is 2.33 bits per heavy atom. The molecule has 0 rings (SSSR count). The molecule has 0 aliphatic carbocycles. The fraction of sp³-hybridized carbons (Fsp3) is 0.500. The van der Waals surface area contributed by atoms with Crippen molar-refractivity contribution >= 4 is 18.2 Å². The van der Waals surface area contributed by atoms with Crippen LogP contribution in [0.1, 0.15) is 12.8 Å². The highest BCUT2D eigenvalue weighted by molar-refractivity contribution is 5.75. The first kappa shape index (κ1) is 10.4. The Morgan fingerprint density at radius 1 is 1.67 bits per heavy atom. The van der Waals surface area contributed by atoms with Gasteiger partial charge in [0.15, 0.2) is 0 Å². The Hall–Kier alpha value is -1.59. The van der Waals surface area contributed by atoms with Crippen LogP contribution in [0, 0.1) is 0 Å². The molecule has 0 aromatic rings. The Labute approximate surface area is 69.8 Å². The number of nitrogens with zero attached hydrogens (tertiary/aromatic N) is 1. The molecule has 0 bridgehead atoms. The highest BCUT2D eigenvalue weighted by atomic mass is 16.5. The van der Waals surface area contributed by atoms with Crippen molar-refractivity contribution in [2.75, 3.05) is 7.11 Å². The quantitative estimate of drug-likeness (QED) is 0.344. The molecule has 6 nitrogen and oxygen atoms in total. The van der Waals surface area contributed by atoms with E-state index in [0.717, 1.165) is 0 Å². The molecule has 0 saturated heterocycles. The van der Waals surface area contributed by atoms with Crippen LogP contribution < -0.4 is 11.2 Å². The Bertz CT molecular complexity index is 190. The molecule has 3 N–H and O–H groups in total. The van der Waals surface area contributed by atoms with Gasteiger partial charge in [0, 0.05) is 6.21 Å². The molecular weight excluding hydrogens is 162 g/mol. The minimum Gasteiger partial charge on any atom is -0.469 e. The molecule has 2 amide bonds. The van der Waals surface area contributed by atoms with Crippen molar-refractivity contribution < 1.29 is 14.3 Å². The van der Waals surface area contributed by atoms with E-state index in [1.807, 2.05) is 5.43 Å². The number of urea groups is 1. The first-order chi connectivity index (χ1) is 5.66. The van der Waals surface area contributed by atoms with Gasteiger partial charge in [0.2, 0.25) is 0 Å². The molecule has 0 radical (unpaired) electrons. The lowest BCUT2D eigenvalue weighted by atomic mass is 10.3. The maximum absolute atomic E-state index is 10.5. The molecule has 0 fully saturated rings. The maximum atomic E-state index is 10.5. The Morgan fingerprint density at radius 3 is 2.83 bits per heavy atom. The zero-order chi connectivity index (χ0) is 9.40.